The second-order valence-electron chi connectivity index (χ2n) is 4.86. The summed E-state index contributed by atoms with van der Waals surface area (Å²) < 4.78 is 5.13. The number of ether oxygens (including phenoxy) is 1. The van der Waals surface area contributed by atoms with Crippen LogP contribution in [0.25, 0.3) is 11.4 Å². The Morgan fingerprint density at radius 2 is 1.96 bits per heavy atom. The normalized spacial score (nSPS) is 10.2. The van der Waals surface area contributed by atoms with E-state index in [-0.39, 0.29) is 11.7 Å². The zero-order valence-electron chi connectivity index (χ0n) is 13.6. The fraction of sp³-hybridized carbons (Fsp3) is 0.235. The number of aromatic nitrogens is 3. The van der Waals surface area contributed by atoms with Crippen molar-refractivity contribution in [3.63, 3.8) is 0 Å². The van der Waals surface area contributed by atoms with Crippen LogP contribution >= 0.6 is 11.8 Å². The molecule has 0 bridgehead atoms. The van der Waals surface area contributed by atoms with Gasteiger partial charge in [-0.25, -0.2) is 4.98 Å². The van der Waals surface area contributed by atoms with Gasteiger partial charge >= 0.3 is 0 Å². The minimum Gasteiger partial charge on any atom is -0.497 e. The monoisotopic (exact) mass is 344 g/mol. The summed E-state index contributed by atoms with van der Waals surface area (Å²) in [6.45, 7) is 8.31. The van der Waals surface area contributed by atoms with Crippen LogP contribution in [0.2, 0.25) is 0 Å². The van der Waals surface area contributed by atoms with Crippen LogP contribution in [0, 0.1) is 0 Å². The average Bonchev–Trinajstić information content (AvgIpc) is 3.08. The Morgan fingerprint density at radius 3 is 2.54 bits per heavy atom. The highest BCUT2D eigenvalue weighted by Crippen LogP contribution is 2.21. The van der Waals surface area contributed by atoms with Crippen molar-refractivity contribution in [3.05, 3.63) is 49.6 Å². The molecule has 0 fully saturated rings. The molecule has 1 heterocycles. The maximum atomic E-state index is 12.2. The zero-order chi connectivity index (χ0) is 17.4. The number of hydrogen-bond acceptors (Lipinski definition) is 5. The van der Waals surface area contributed by atoms with E-state index in [1.165, 1.54) is 11.8 Å². The highest BCUT2D eigenvalue weighted by Gasteiger charge is 2.13. The number of methoxy groups -OCH3 is 1. The summed E-state index contributed by atoms with van der Waals surface area (Å²) in [5.74, 6) is 1.70. The largest absolute Gasteiger partial charge is 0.497 e. The molecule has 0 saturated carbocycles. The number of H-pyrrole nitrogens is 1. The quantitative estimate of drug-likeness (QED) is 0.559. The maximum absolute atomic E-state index is 12.2. The van der Waals surface area contributed by atoms with E-state index in [0.29, 0.717) is 24.1 Å². The zero-order valence-corrected chi connectivity index (χ0v) is 14.4. The van der Waals surface area contributed by atoms with Crippen LogP contribution in [-0.4, -0.2) is 51.9 Å². The fourth-order valence-electron chi connectivity index (χ4n) is 2.00. The average molecular weight is 344 g/mol. The summed E-state index contributed by atoms with van der Waals surface area (Å²) in [5.41, 5.74) is 0.904. The molecule has 0 spiro atoms. The molecule has 0 aliphatic carbocycles. The van der Waals surface area contributed by atoms with Crippen LogP contribution in [0.5, 0.6) is 5.75 Å². The molecule has 1 amide bonds. The predicted octanol–water partition coefficient (Wildman–Crippen LogP) is 2.77. The number of thioether (sulfide) groups is 1. The van der Waals surface area contributed by atoms with E-state index >= 15 is 0 Å². The molecule has 1 aromatic carbocycles. The van der Waals surface area contributed by atoms with Crippen LogP contribution in [-0.2, 0) is 4.79 Å². The number of amides is 1. The van der Waals surface area contributed by atoms with Crippen LogP contribution in [0.3, 0.4) is 0 Å². The molecular weight excluding hydrogens is 324 g/mol. The van der Waals surface area contributed by atoms with Crippen molar-refractivity contribution in [1.82, 2.24) is 20.1 Å². The summed E-state index contributed by atoms with van der Waals surface area (Å²) >= 11 is 1.29. The smallest absolute Gasteiger partial charge is 0.233 e. The molecule has 126 valence electrons. The van der Waals surface area contributed by atoms with Gasteiger partial charge in [0.05, 0.1) is 12.9 Å². The van der Waals surface area contributed by atoms with Gasteiger partial charge in [0.1, 0.15) is 5.75 Å². The minimum atomic E-state index is -0.00408. The standard InChI is InChI=1S/C17H20N4O2S/c1-4-10-21(11-5-2)15(22)12-24-17-18-16(19-20-17)13-6-8-14(23-3)9-7-13/h4-9H,1-2,10-12H2,3H3,(H,18,19,20). The van der Waals surface area contributed by atoms with Crippen LogP contribution in [0.1, 0.15) is 0 Å². The Bertz CT molecular complexity index is 687. The lowest BCUT2D eigenvalue weighted by molar-refractivity contribution is -0.127. The first-order chi connectivity index (χ1) is 11.7. The molecule has 0 atom stereocenters. The molecule has 1 N–H and O–H groups in total. The van der Waals surface area contributed by atoms with Crippen LogP contribution in [0.15, 0.2) is 54.7 Å². The lowest BCUT2D eigenvalue weighted by Gasteiger charge is -2.18. The first-order valence-electron chi connectivity index (χ1n) is 7.37. The van der Waals surface area contributed by atoms with E-state index in [4.69, 9.17) is 4.74 Å². The van der Waals surface area contributed by atoms with Gasteiger partial charge in [0.2, 0.25) is 11.1 Å². The van der Waals surface area contributed by atoms with Gasteiger partial charge in [-0.15, -0.1) is 18.3 Å². The summed E-state index contributed by atoms with van der Waals surface area (Å²) in [4.78, 5) is 18.2. The Morgan fingerprint density at radius 1 is 1.29 bits per heavy atom. The van der Waals surface area contributed by atoms with Crippen molar-refractivity contribution in [2.45, 2.75) is 5.16 Å². The van der Waals surface area contributed by atoms with E-state index < -0.39 is 0 Å². The third-order valence-corrected chi connectivity index (χ3v) is 4.04. The molecular formula is C17H20N4O2S. The van der Waals surface area contributed by atoms with Gasteiger partial charge < -0.3 is 9.64 Å². The summed E-state index contributed by atoms with van der Waals surface area (Å²) in [6, 6.07) is 7.51. The second kappa shape index (κ2) is 8.93. The molecule has 0 unspecified atom stereocenters. The Labute approximate surface area is 145 Å². The lowest BCUT2D eigenvalue weighted by atomic mass is 10.2. The number of carbonyl (C=O) groups is 1. The van der Waals surface area contributed by atoms with Gasteiger partial charge in [0.25, 0.3) is 0 Å². The number of carbonyl (C=O) groups excluding carboxylic acids is 1. The summed E-state index contributed by atoms with van der Waals surface area (Å²) in [7, 11) is 1.62. The van der Waals surface area contributed by atoms with Crippen molar-refractivity contribution in [3.8, 4) is 17.1 Å². The van der Waals surface area contributed by atoms with E-state index in [1.54, 1.807) is 24.2 Å². The van der Waals surface area contributed by atoms with Crippen molar-refractivity contribution in [1.29, 1.82) is 0 Å². The van der Waals surface area contributed by atoms with Gasteiger partial charge in [-0.05, 0) is 24.3 Å². The predicted molar refractivity (Wildman–Crippen MR) is 96.1 cm³/mol. The minimum absolute atomic E-state index is 0.00408. The van der Waals surface area contributed by atoms with E-state index in [2.05, 4.69) is 28.3 Å². The number of nitrogens with zero attached hydrogens (tertiary/aromatic N) is 3. The summed E-state index contributed by atoms with van der Waals surface area (Å²) in [5, 5.41) is 7.56. The summed E-state index contributed by atoms with van der Waals surface area (Å²) in [6.07, 6.45) is 3.39. The number of hydrogen-bond donors (Lipinski definition) is 1. The van der Waals surface area contributed by atoms with Crippen LogP contribution < -0.4 is 4.74 Å². The SMILES string of the molecule is C=CCN(CC=C)C(=O)CSc1n[nH]c(-c2ccc(OC)cc2)n1. The second-order valence-corrected chi connectivity index (χ2v) is 5.80. The topological polar surface area (TPSA) is 71.1 Å². The highest BCUT2D eigenvalue weighted by atomic mass is 32.2. The molecule has 2 rings (SSSR count). The lowest BCUT2D eigenvalue weighted by Crippen LogP contribution is -2.32. The number of nitrogens with one attached hydrogen (secondary N) is 1. The molecule has 0 aliphatic heterocycles. The Kier molecular flexibility index (Phi) is 6.62. The van der Waals surface area contributed by atoms with Gasteiger partial charge in [0, 0.05) is 18.7 Å². The Hall–Kier alpha value is -2.54. The van der Waals surface area contributed by atoms with E-state index in [1.807, 2.05) is 24.3 Å². The van der Waals surface area contributed by atoms with Gasteiger partial charge in [-0.2, -0.15) is 0 Å². The highest BCUT2D eigenvalue weighted by molar-refractivity contribution is 7.99. The third-order valence-electron chi connectivity index (χ3n) is 3.20. The van der Waals surface area contributed by atoms with Gasteiger partial charge in [0.15, 0.2) is 5.82 Å². The van der Waals surface area contributed by atoms with E-state index in [9.17, 15) is 4.79 Å². The van der Waals surface area contributed by atoms with Crippen molar-refractivity contribution < 1.29 is 9.53 Å². The molecule has 6 nitrogen and oxygen atoms in total. The van der Waals surface area contributed by atoms with Crippen molar-refractivity contribution >= 4 is 17.7 Å². The van der Waals surface area contributed by atoms with Gasteiger partial charge in [-0.1, -0.05) is 23.9 Å². The number of benzene rings is 1. The third kappa shape index (κ3) is 4.73. The molecule has 1 aromatic heterocycles. The fourth-order valence-corrected chi connectivity index (χ4v) is 2.70. The van der Waals surface area contributed by atoms with Crippen molar-refractivity contribution in [2.24, 2.45) is 0 Å². The molecule has 0 radical (unpaired) electrons. The first kappa shape index (κ1) is 17.8. The Balaban J connectivity index is 1.96. The number of aromatic amines is 1. The molecule has 0 aliphatic rings. The molecule has 7 heteroatoms. The van der Waals surface area contributed by atoms with Crippen LogP contribution in [0.4, 0.5) is 0 Å². The van der Waals surface area contributed by atoms with Crippen molar-refractivity contribution in [2.75, 3.05) is 26.0 Å². The first-order valence-corrected chi connectivity index (χ1v) is 8.35. The van der Waals surface area contributed by atoms with E-state index in [0.717, 1.165) is 11.3 Å². The maximum Gasteiger partial charge on any atom is 0.233 e. The van der Waals surface area contributed by atoms with Gasteiger partial charge in [-0.3, -0.25) is 9.89 Å². The molecule has 0 saturated heterocycles. The molecule has 24 heavy (non-hydrogen) atoms. The number of rotatable bonds is 9. The molecule has 2 aromatic rings.